The summed E-state index contributed by atoms with van der Waals surface area (Å²) in [7, 11) is 0. The van der Waals surface area contributed by atoms with E-state index in [4.69, 9.17) is 4.74 Å². The Balaban J connectivity index is 0.870. The molecule has 0 fully saturated rings. The van der Waals surface area contributed by atoms with Crippen LogP contribution in [0.25, 0.3) is 84.2 Å². The molecular weight excluding hydrogens is 993 g/mol. The van der Waals surface area contributed by atoms with Crippen molar-refractivity contribution < 1.29 is 4.74 Å². The molecule has 3 nitrogen and oxygen atoms in total. The van der Waals surface area contributed by atoms with Crippen LogP contribution in [0.4, 0.5) is 17.1 Å². The zero-order chi connectivity index (χ0) is 55.8. The third-order valence-electron chi connectivity index (χ3n) is 16.9. The molecule has 82 heavy (non-hydrogen) atoms. The Hall–Kier alpha value is -9.70. The second-order valence-corrected chi connectivity index (χ2v) is 22.8. The van der Waals surface area contributed by atoms with Crippen LogP contribution < -0.4 is 9.64 Å². The maximum atomic E-state index is 6.29. The lowest BCUT2D eigenvalue weighted by atomic mass is 9.69. The van der Waals surface area contributed by atoms with Gasteiger partial charge in [-0.1, -0.05) is 222 Å². The highest BCUT2D eigenvalue weighted by atomic mass is 16.5. The summed E-state index contributed by atoms with van der Waals surface area (Å²) in [5.74, 6) is 0.890. The average Bonchev–Trinajstić information content (AvgIpc) is 2.51. The maximum Gasteiger partial charge on any atom is 0.119 e. The largest absolute Gasteiger partial charge is 0.494 e. The number of rotatable bonds is 16. The predicted molar refractivity (Wildman–Crippen MR) is 348 cm³/mol. The molecule has 0 aliphatic heterocycles. The first kappa shape index (κ1) is 51.7. The number of ether oxygens (including phenoxy) is 1. The predicted octanol–water partition coefficient (Wildman–Crippen LogP) is 21.4. The summed E-state index contributed by atoms with van der Waals surface area (Å²) in [5, 5.41) is 2.44. The highest BCUT2D eigenvalue weighted by Crippen LogP contribution is 2.56. The summed E-state index contributed by atoms with van der Waals surface area (Å²) in [6.07, 6.45) is 6.61. The van der Waals surface area contributed by atoms with E-state index in [1.54, 1.807) is 0 Å². The van der Waals surface area contributed by atoms with Crippen molar-refractivity contribution in [2.45, 2.75) is 50.9 Å². The molecule has 0 radical (unpaired) electrons. The number of aromatic nitrogens is 1. The molecular formula is C79H66N2O. The van der Waals surface area contributed by atoms with E-state index in [1.165, 1.54) is 83.0 Å². The Kier molecular flexibility index (Phi) is 13.7. The zero-order valence-corrected chi connectivity index (χ0v) is 47.0. The summed E-state index contributed by atoms with van der Waals surface area (Å²) < 4.78 is 8.72. The molecule has 1 aromatic heterocycles. The van der Waals surface area contributed by atoms with E-state index in [-0.39, 0.29) is 10.8 Å². The van der Waals surface area contributed by atoms with Crippen LogP contribution in [0, 0.1) is 0 Å². The zero-order valence-electron chi connectivity index (χ0n) is 47.0. The minimum absolute atomic E-state index is 0.0800. The molecule has 398 valence electrons. The quantitative estimate of drug-likeness (QED) is 0.0898. The fraction of sp³-hybridized carbons (Fsp3) is 0.114. The fourth-order valence-electron chi connectivity index (χ4n) is 12.6. The summed E-state index contributed by atoms with van der Waals surface area (Å²) in [4.78, 5) is 2.42. The summed E-state index contributed by atoms with van der Waals surface area (Å²) in [6.45, 7) is 15.3. The molecule has 0 bridgehead atoms. The normalized spacial score (nSPS) is 13.6. The Morgan fingerprint density at radius 2 is 0.927 bits per heavy atom. The standard InChI is InChI=1S/C79H66N2O/c1-6-55-24-28-57(29-25-55)58-32-42-67(43-33-58)81-76-48-36-61(59-30-38-63(39-31-59)78(3,4)5)52-72(76)73-53-62(37-49-77(73)81)60-34-40-66(41-35-60)80(65-20-12-9-13-21-65)68-44-47-71-70-22-14-15-23-74(70)79(75(71)54-68,64-18-10-8-11-19-64)50-16-17-51-82-69-45-26-56(7-2)27-46-69/h6-15,18-49,52-54H,1-2,16-17,50-51H2,3-5H3. The minimum atomic E-state index is -0.359. The molecule has 1 heterocycles. The Bertz CT molecular complexity index is 4260. The molecule has 12 aromatic rings. The molecule has 1 aliphatic carbocycles. The van der Waals surface area contributed by atoms with Crippen LogP contribution in [-0.2, 0) is 10.8 Å². The Labute approximate surface area is 483 Å². The smallest absolute Gasteiger partial charge is 0.119 e. The number of benzene rings is 11. The van der Waals surface area contributed by atoms with Gasteiger partial charge in [0, 0.05) is 38.9 Å². The highest BCUT2D eigenvalue weighted by molar-refractivity contribution is 6.11. The molecule has 3 heteroatoms. The van der Waals surface area contributed by atoms with Crippen molar-refractivity contribution in [3.05, 3.63) is 307 Å². The second kappa shape index (κ2) is 21.7. The van der Waals surface area contributed by atoms with E-state index in [0.717, 1.165) is 64.5 Å². The molecule has 0 N–H and O–H groups in total. The number of para-hydroxylation sites is 1. The topological polar surface area (TPSA) is 17.4 Å². The van der Waals surface area contributed by atoms with E-state index in [9.17, 15) is 0 Å². The number of anilines is 3. The van der Waals surface area contributed by atoms with E-state index < -0.39 is 0 Å². The lowest BCUT2D eigenvalue weighted by Crippen LogP contribution is -2.27. The third-order valence-corrected chi connectivity index (χ3v) is 16.9. The molecule has 0 saturated carbocycles. The maximum absolute atomic E-state index is 6.29. The van der Waals surface area contributed by atoms with E-state index in [2.05, 4.69) is 292 Å². The van der Waals surface area contributed by atoms with Crippen molar-refractivity contribution in [1.82, 2.24) is 4.57 Å². The minimum Gasteiger partial charge on any atom is -0.494 e. The van der Waals surface area contributed by atoms with Crippen LogP contribution >= 0.6 is 0 Å². The van der Waals surface area contributed by atoms with Gasteiger partial charge in [0.1, 0.15) is 5.75 Å². The number of unbranched alkanes of at least 4 members (excludes halogenated alkanes) is 1. The van der Waals surface area contributed by atoms with Gasteiger partial charge >= 0.3 is 0 Å². The van der Waals surface area contributed by atoms with Gasteiger partial charge in [0.25, 0.3) is 0 Å². The highest BCUT2D eigenvalue weighted by Gasteiger charge is 2.44. The Morgan fingerprint density at radius 1 is 0.439 bits per heavy atom. The molecule has 0 saturated heterocycles. The van der Waals surface area contributed by atoms with Gasteiger partial charge in [-0.25, -0.2) is 0 Å². The summed E-state index contributed by atoms with van der Waals surface area (Å²) >= 11 is 0. The first-order valence-electron chi connectivity index (χ1n) is 28.8. The lowest BCUT2D eigenvalue weighted by Gasteiger charge is -2.34. The second-order valence-electron chi connectivity index (χ2n) is 22.8. The fourth-order valence-corrected chi connectivity index (χ4v) is 12.6. The first-order chi connectivity index (χ1) is 40.2. The monoisotopic (exact) mass is 1060 g/mol. The molecule has 1 atom stereocenters. The van der Waals surface area contributed by atoms with Gasteiger partial charge in [-0.05, 0) is 187 Å². The van der Waals surface area contributed by atoms with Crippen molar-refractivity contribution in [2.24, 2.45) is 0 Å². The van der Waals surface area contributed by atoms with Crippen LogP contribution in [0.3, 0.4) is 0 Å². The van der Waals surface area contributed by atoms with Gasteiger partial charge in [0.15, 0.2) is 0 Å². The Morgan fingerprint density at radius 3 is 1.54 bits per heavy atom. The van der Waals surface area contributed by atoms with Crippen LogP contribution in [0.2, 0.25) is 0 Å². The molecule has 13 rings (SSSR count). The van der Waals surface area contributed by atoms with Crippen LogP contribution in [0.15, 0.2) is 274 Å². The van der Waals surface area contributed by atoms with E-state index >= 15 is 0 Å². The number of hydrogen-bond donors (Lipinski definition) is 0. The SMILES string of the molecule is C=Cc1ccc(OCCCCC2(c3ccccc3)c3ccccc3-c3ccc(N(c4ccccc4)c4ccc(-c5ccc6c(c5)c5cc(-c7ccc(C(C)(C)C)cc7)ccc5n6-c5ccc(-c6ccc(C=C)cc6)cc5)cc4)cc32)cc1. The van der Waals surface area contributed by atoms with Crippen molar-refractivity contribution >= 4 is 51.0 Å². The number of nitrogens with zero attached hydrogens (tertiary/aromatic N) is 2. The van der Waals surface area contributed by atoms with Gasteiger partial charge in [-0.15, -0.1) is 0 Å². The van der Waals surface area contributed by atoms with E-state index in [0.29, 0.717) is 6.61 Å². The van der Waals surface area contributed by atoms with Crippen molar-refractivity contribution in [1.29, 1.82) is 0 Å². The van der Waals surface area contributed by atoms with Crippen LogP contribution in [0.5, 0.6) is 5.75 Å². The average molecular weight is 1060 g/mol. The number of hydrogen-bond acceptors (Lipinski definition) is 2. The van der Waals surface area contributed by atoms with Crippen LogP contribution in [0.1, 0.15) is 73.4 Å². The van der Waals surface area contributed by atoms with Gasteiger partial charge in [-0.3, -0.25) is 0 Å². The van der Waals surface area contributed by atoms with Crippen molar-refractivity contribution in [2.75, 3.05) is 11.5 Å². The van der Waals surface area contributed by atoms with Gasteiger partial charge < -0.3 is 14.2 Å². The lowest BCUT2D eigenvalue weighted by molar-refractivity contribution is 0.301. The molecule has 0 spiro atoms. The first-order valence-corrected chi connectivity index (χ1v) is 28.8. The van der Waals surface area contributed by atoms with E-state index in [1.807, 2.05) is 24.3 Å². The number of fused-ring (bicyclic) bond motifs is 6. The molecule has 1 aliphatic rings. The van der Waals surface area contributed by atoms with Gasteiger partial charge in [0.2, 0.25) is 0 Å². The van der Waals surface area contributed by atoms with Gasteiger partial charge in [0.05, 0.1) is 17.6 Å². The third kappa shape index (κ3) is 9.62. The van der Waals surface area contributed by atoms with Gasteiger partial charge in [-0.2, -0.15) is 0 Å². The molecule has 11 aromatic carbocycles. The molecule has 0 amide bonds. The van der Waals surface area contributed by atoms with Crippen molar-refractivity contribution in [3.8, 4) is 55.9 Å². The summed E-state index contributed by atoms with van der Waals surface area (Å²) in [6, 6.07) is 96.2. The van der Waals surface area contributed by atoms with Crippen LogP contribution in [-0.4, -0.2) is 11.2 Å². The summed E-state index contributed by atoms with van der Waals surface area (Å²) in [5.41, 5.74) is 23.7. The van der Waals surface area contributed by atoms with Crippen molar-refractivity contribution in [3.63, 3.8) is 0 Å². The molecule has 1 unspecified atom stereocenters.